The van der Waals surface area contributed by atoms with E-state index in [4.69, 9.17) is 11.6 Å². The van der Waals surface area contributed by atoms with Crippen LogP contribution in [0.2, 0.25) is 5.02 Å². The summed E-state index contributed by atoms with van der Waals surface area (Å²) in [6.07, 6.45) is -4.76. The smallest absolute Gasteiger partial charge is 0.406 e. The van der Waals surface area contributed by atoms with Crippen molar-refractivity contribution in [2.75, 3.05) is 0 Å². The molecule has 0 unspecified atom stereocenters. The van der Waals surface area contributed by atoms with Crippen molar-refractivity contribution in [3.8, 4) is 5.75 Å². The first-order valence-corrected chi connectivity index (χ1v) is 4.81. The molecule has 1 aromatic carbocycles. The second-order valence-corrected chi connectivity index (χ2v) is 3.64. The summed E-state index contributed by atoms with van der Waals surface area (Å²) in [4.78, 5) is 13.5. The second kappa shape index (κ2) is 3.96. The van der Waals surface area contributed by atoms with Gasteiger partial charge in [0.15, 0.2) is 0 Å². The van der Waals surface area contributed by atoms with Crippen molar-refractivity contribution in [3.05, 3.63) is 39.6 Å². The number of pyridine rings is 1. The number of rotatable bonds is 1. The van der Waals surface area contributed by atoms with Crippen LogP contribution in [0.5, 0.6) is 5.75 Å². The van der Waals surface area contributed by atoms with Crippen LogP contribution in [0.4, 0.5) is 13.2 Å². The van der Waals surface area contributed by atoms with Gasteiger partial charge in [0.25, 0.3) is 0 Å². The van der Waals surface area contributed by atoms with E-state index in [9.17, 15) is 18.0 Å². The van der Waals surface area contributed by atoms with E-state index in [1.54, 1.807) is 0 Å². The maximum Gasteiger partial charge on any atom is 0.573 e. The molecule has 7 heteroatoms. The number of ether oxygens (including phenoxy) is 1. The summed E-state index contributed by atoms with van der Waals surface area (Å²) in [5, 5.41) is 0.351. The number of H-pyrrole nitrogens is 1. The summed E-state index contributed by atoms with van der Waals surface area (Å²) in [5.41, 5.74) is -0.0796. The SMILES string of the molecule is O=c1cc(Cl)c2cc(OC(F)(F)F)ccc2[nH]1. The number of alkyl halides is 3. The van der Waals surface area contributed by atoms with Crippen molar-refractivity contribution in [2.24, 2.45) is 0 Å². The van der Waals surface area contributed by atoms with Crippen LogP contribution in [-0.2, 0) is 0 Å². The van der Waals surface area contributed by atoms with Crippen LogP contribution in [0.25, 0.3) is 10.9 Å². The minimum absolute atomic E-state index is 0.0661. The zero-order chi connectivity index (χ0) is 12.6. The van der Waals surface area contributed by atoms with Crippen molar-refractivity contribution in [2.45, 2.75) is 6.36 Å². The van der Waals surface area contributed by atoms with Gasteiger partial charge in [0.2, 0.25) is 5.56 Å². The van der Waals surface area contributed by atoms with Crippen molar-refractivity contribution < 1.29 is 17.9 Å². The van der Waals surface area contributed by atoms with Crippen molar-refractivity contribution in [3.63, 3.8) is 0 Å². The zero-order valence-corrected chi connectivity index (χ0v) is 8.89. The van der Waals surface area contributed by atoms with Crippen LogP contribution in [0, 0.1) is 0 Å². The molecule has 0 radical (unpaired) electrons. The lowest BCUT2D eigenvalue weighted by Gasteiger charge is -2.09. The van der Waals surface area contributed by atoms with E-state index in [2.05, 4.69) is 9.72 Å². The maximum atomic E-state index is 12.0. The van der Waals surface area contributed by atoms with E-state index in [1.165, 1.54) is 6.07 Å². The molecule has 90 valence electrons. The first kappa shape index (κ1) is 11.8. The van der Waals surface area contributed by atoms with Gasteiger partial charge >= 0.3 is 6.36 Å². The van der Waals surface area contributed by atoms with Crippen LogP contribution < -0.4 is 10.3 Å². The monoisotopic (exact) mass is 263 g/mol. The predicted octanol–water partition coefficient (Wildman–Crippen LogP) is 3.08. The molecule has 2 rings (SSSR count). The Morgan fingerprint density at radius 1 is 1.24 bits per heavy atom. The minimum atomic E-state index is -4.76. The molecule has 0 saturated carbocycles. The Balaban J connectivity index is 2.54. The van der Waals surface area contributed by atoms with E-state index in [1.807, 2.05) is 0 Å². The average molecular weight is 264 g/mol. The van der Waals surface area contributed by atoms with Crippen LogP contribution in [-0.4, -0.2) is 11.3 Å². The Morgan fingerprint density at radius 2 is 1.94 bits per heavy atom. The summed E-state index contributed by atoms with van der Waals surface area (Å²) in [6.45, 7) is 0. The molecule has 0 aliphatic rings. The highest BCUT2D eigenvalue weighted by Crippen LogP contribution is 2.28. The molecule has 0 aliphatic carbocycles. The summed E-state index contributed by atoms with van der Waals surface area (Å²) < 4.78 is 39.7. The molecule has 0 amide bonds. The van der Waals surface area contributed by atoms with Gasteiger partial charge < -0.3 is 9.72 Å². The fourth-order valence-corrected chi connectivity index (χ4v) is 1.64. The highest BCUT2D eigenvalue weighted by Gasteiger charge is 2.31. The van der Waals surface area contributed by atoms with Crippen molar-refractivity contribution in [1.82, 2.24) is 4.98 Å². The molecular formula is C10H5ClF3NO2. The molecule has 0 atom stereocenters. The third kappa shape index (κ3) is 2.71. The molecule has 1 N–H and O–H groups in total. The lowest BCUT2D eigenvalue weighted by Crippen LogP contribution is -2.17. The topological polar surface area (TPSA) is 42.1 Å². The lowest BCUT2D eigenvalue weighted by atomic mass is 10.2. The van der Waals surface area contributed by atoms with Gasteiger partial charge in [-0.1, -0.05) is 11.6 Å². The molecule has 0 bridgehead atoms. The first-order chi connectivity index (χ1) is 7.85. The maximum absolute atomic E-state index is 12.0. The molecule has 2 aromatic rings. The summed E-state index contributed by atoms with van der Waals surface area (Å²) in [7, 11) is 0. The van der Waals surface area contributed by atoms with Crippen LogP contribution in [0.1, 0.15) is 0 Å². The van der Waals surface area contributed by atoms with E-state index in [0.29, 0.717) is 5.52 Å². The van der Waals surface area contributed by atoms with Gasteiger partial charge in [-0.15, -0.1) is 13.2 Å². The standard InChI is InChI=1S/C10H5ClF3NO2/c11-7-4-9(16)15-8-2-1-5(3-6(7)8)17-10(12,13)14/h1-4H,(H,15,16). The molecule has 1 aromatic heterocycles. The molecule has 3 nitrogen and oxygen atoms in total. The number of aromatic nitrogens is 1. The van der Waals surface area contributed by atoms with E-state index >= 15 is 0 Å². The number of aromatic amines is 1. The molecule has 0 aliphatic heterocycles. The van der Waals surface area contributed by atoms with Gasteiger partial charge in [-0.2, -0.15) is 0 Å². The van der Waals surface area contributed by atoms with Crippen molar-refractivity contribution >= 4 is 22.5 Å². The molecule has 0 saturated heterocycles. The number of halogens is 4. The molecular weight excluding hydrogens is 259 g/mol. The Labute approximate surface area is 97.8 Å². The average Bonchev–Trinajstić information content (AvgIpc) is 2.16. The number of fused-ring (bicyclic) bond motifs is 1. The van der Waals surface area contributed by atoms with Crippen LogP contribution in [0.3, 0.4) is 0 Å². The lowest BCUT2D eigenvalue weighted by molar-refractivity contribution is -0.274. The van der Waals surface area contributed by atoms with Gasteiger partial charge in [-0.3, -0.25) is 4.79 Å². The number of nitrogens with one attached hydrogen (secondary N) is 1. The summed E-state index contributed by atoms with van der Waals surface area (Å²) >= 11 is 5.75. The van der Waals surface area contributed by atoms with E-state index in [-0.39, 0.29) is 16.2 Å². The van der Waals surface area contributed by atoms with E-state index in [0.717, 1.165) is 18.2 Å². The molecule has 17 heavy (non-hydrogen) atoms. The van der Waals surface area contributed by atoms with Gasteiger partial charge in [0, 0.05) is 11.5 Å². The third-order valence-corrected chi connectivity index (χ3v) is 2.31. The largest absolute Gasteiger partial charge is 0.573 e. The molecule has 0 spiro atoms. The molecule has 0 fully saturated rings. The van der Waals surface area contributed by atoms with Gasteiger partial charge in [-0.05, 0) is 18.2 Å². The fraction of sp³-hybridized carbons (Fsp3) is 0.100. The minimum Gasteiger partial charge on any atom is -0.406 e. The van der Waals surface area contributed by atoms with Crippen molar-refractivity contribution in [1.29, 1.82) is 0 Å². The Bertz CT molecular complexity index is 621. The predicted molar refractivity (Wildman–Crippen MR) is 56.3 cm³/mol. The third-order valence-electron chi connectivity index (χ3n) is 2.00. The fourth-order valence-electron chi connectivity index (χ4n) is 1.39. The second-order valence-electron chi connectivity index (χ2n) is 3.24. The zero-order valence-electron chi connectivity index (χ0n) is 8.14. The summed E-state index contributed by atoms with van der Waals surface area (Å²) in [6, 6.07) is 4.59. The first-order valence-electron chi connectivity index (χ1n) is 4.43. The number of hydrogen-bond acceptors (Lipinski definition) is 2. The van der Waals surface area contributed by atoms with Gasteiger partial charge in [0.05, 0.1) is 10.5 Å². The van der Waals surface area contributed by atoms with Gasteiger partial charge in [0.1, 0.15) is 5.75 Å². The number of hydrogen-bond donors (Lipinski definition) is 1. The van der Waals surface area contributed by atoms with E-state index < -0.39 is 11.9 Å². The Kier molecular flexibility index (Phi) is 2.74. The van der Waals surface area contributed by atoms with Gasteiger partial charge in [-0.25, -0.2) is 0 Å². The Morgan fingerprint density at radius 3 is 2.59 bits per heavy atom. The summed E-state index contributed by atoms with van der Waals surface area (Å²) in [5.74, 6) is -0.390. The van der Waals surface area contributed by atoms with Crippen LogP contribution in [0.15, 0.2) is 29.1 Å². The normalized spacial score (nSPS) is 11.8. The highest BCUT2D eigenvalue weighted by molar-refractivity contribution is 6.35. The molecule has 1 heterocycles. The highest BCUT2D eigenvalue weighted by atomic mass is 35.5. The quantitative estimate of drug-likeness (QED) is 0.859. The Hall–Kier alpha value is -1.69. The number of benzene rings is 1. The van der Waals surface area contributed by atoms with Crippen LogP contribution >= 0.6 is 11.6 Å².